The van der Waals surface area contributed by atoms with E-state index in [9.17, 15) is 9.18 Å². The van der Waals surface area contributed by atoms with E-state index in [2.05, 4.69) is 25.9 Å². The Morgan fingerprint density at radius 3 is 2.60 bits per heavy atom. The Bertz CT molecular complexity index is 820. The molecule has 0 aliphatic carbocycles. The van der Waals surface area contributed by atoms with Gasteiger partial charge in [0.2, 0.25) is 5.78 Å². The molecule has 3 rings (SSSR count). The maximum Gasteiger partial charge on any atom is 0.215 e. The third-order valence-corrected chi connectivity index (χ3v) is 3.49. The molecule has 0 amide bonds. The van der Waals surface area contributed by atoms with E-state index in [4.69, 9.17) is 0 Å². The molecule has 1 heterocycles. The van der Waals surface area contributed by atoms with Crippen molar-refractivity contribution in [1.29, 1.82) is 0 Å². The quantitative estimate of drug-likeness (QED) is 0.672. The zero-order valence-electron chi connectivity index (χ0n) is 10.2. The first-order valence-corrected chi connectivity index (χ1v) is 6.66. The van der Waals surface area contributed by atoms with Crippen LogP contribution in [-0.2, 0) is 0 Å². The Kier molecular flexibility index (Phi) is 3.28. The second-order valence-electron chi connectivity index (χ2n) is 4.17. The molecule has 0 saturated heterocycles. The van der Waals surface area contributed by atoms with Crippen LogP contribution in [0.15, 0.2) is 53.1 Å². The van der Waals surface area contributed by atoms with Gasteiger partial charge in [-0.05, 0) is 40.2 Å². The minimum atomic E-state index is -0.590. The standard InChI is InChI=1S/C15H8BrFN2O/c16-10-5-3-4-9(14(10)17)15(20)13-8-18-11-6-1-2-7-12(11)19-13/h1-8H. The van der Waals surface area contributed by atoms with Crippen LogP contribution < -0.4 is 0 Å². The highest BCUT2D eigenvalue weighted by Gasteiger charge is 2.17. The molecule has 98 valence electrons. The van der Waals surface area contributed by atoms with E-state index in [0.29, 0.717) is 11.0 Å². The highest BCUT2D eigenvalue weighted by molar-refractivity contribution is 9.10. The third-order valence-electron chi connectivity index (χ3n) is 2.88. The van der Waals surface area contributed by atoms with Gasteiger partial charge in [-0.25, -0.2) is 9.37 Å². The number of nitrogens with zero attached hydrogens (tertiary/aromatic N) is 2. The van der Waals surface area contributed by atoms with Gasteiger partial charge in [0.15, 0.2) is 0 Å². The molecule has 1 aromatic heterocycles. The van der Waals surface area contributed by atoms with Gasteiger partial charge in [-0.3, -0.25) is 9.78 Å². The van der Waals surface area contributed by atoms with Gasteiger partial charge in [0.05, 0.1) is 27.3 Å². The summed E-state index contributed by atoms with van der Waals surface area (Å²) in [6.07, 6.45) is 1.37. The van der Waals surface area contributed by atoms with Crippen LogP contribution in [0.25, 0.3) is 11.0 Å². The lowest BCUT2D eigenvalue weighted by atomic mass is 10.1. The minimum absolute atomic E-state index is 0.0241. The molecule has 0 aliphatic rings. The lowest BCUT2D eigenvalue weighted by molar-refractivity contribution is 0.103. The third kappa shape index (κ3) is 2.20. The molecule has 3 nitrogen and oxygen atoms in total. The summed E-state index contributed by atoms with van der Waals surface area (Å²) in [4.78, 5) is 20.7. The number of rotatable bonds is 2. The fourth-order valence-electron chi connectivity index (χ4n) is 1.88. The molecule has 0 unspecified atom stereocenters. The predicted molar refractivity (Wildman–Crippen MR) is 77.1 cm³/mol. The topological polar surface area (TPSA) is 42.9 Å². The average molecular weight is 331 g/mol. The van der Waals surface area contributed by atoms with Gasteiger partial charge in [0.25, 0.3) is 0 Å². The van der Waals surface area contributed by atoms with E-state index in [1.165, 1.54) is 18.3 Å². The van der Waals surface area contributed by atoms with E-state index in [0.717, 1.165) is 0 Å². The number of hydrogen-bond acceptors (Lipinski definition) is 3. The molecule has 5 heteroatoms. The van der Waals surface area contributed by atoms with Crippen molar-refractivity contribution in [2.75, 3.05) is 0 Å². The highest BCUT2D eigenvalue weighted by Crippen LogP contribution is 2.21. The van der Waals surface area contributed by atoms with Crippen LogP contribution in [0, 0.1) is 5.82 Å². The smallest absolute Gasteiger partial charge is 0.215 e. The van der Waals surface area contributed by atoms with Gasteiger partial charge < -0.3 is 0 Å². The molecular formula is C15H8BrFN2O. The normalized spacial score (nSPS) is 10.7. The zero-order valence-corrected chi connectivity index (χ0v) is 11.8. The molecule has 20 heavy (non-hydrogen) atoms. The number of benzene rings is 2. The first kappa shape index (κ1) is 12.9. The summed E-state index contributed by atoms with van der Waals surface area (Å²) in [5, 5.41) is 0. The number of para-hydroxylation sites is 2. The first-order chi connectivity index (χ1) is 9.66. The summed E-state index contributed by atoms with van der Waals surface area (Å²) in [5.74, 6) is -1.07. The van der Waals surface area contributed by atoms with E-state index in [-0.39, 0.29) is 15.7 Å². The van der Waals surface area contributed by atoms with Crippen LogP contribution in [0.4, 0.5) is 4.39 Å². The monoisotopic (exact) mass is 330 g/mol. The second kappa shape index (κ2) is 5.09. The van der Waals surface area contributed by atoms with Gasteiger partial charge in [0, 0.05) is 0 Å². The van der Waals surface area contributed by atoms with Gasteiger partial charge in [-0.15, -0.1) is 0 Å². The summed E-state index contributed by atoms with van der Waals surface area (Å²) in [6, 6.07) is 11.8. The summed E-state index contributed by atoms with van der Waals surface area (Å²) in [6.45, 7) is 0. The lowest BCUT2D eigenvalue weighted by Gasteiger charge is -2.04. The molecule has 0 N–H and O–H groups in total. The zero-order chi connectivity index (χ0) is 14.1. The predicted octanol–water partition coefficient (Wildman–Crippen LogP) is 3.76. The molecular weight excluding hydrogens is 323 g/mol. The van der Waals surface area contributed by atoms with Crippen LogP contribution in [0.5, 0.6) is 0 Å². The van der Waals surface area contributed by atoms with Gasteiger partial charge in [-0.2, -0.15) is 0 Å². The van der Waals surface area contributed by atoms with Gasteiger partial charge >= 0.3 is 0 Å². The van der Waals surface area contributed by atoms with Crippen LogP contribution in [-0.4, -0.2) is 15.8 Å². The number of fused-ring (bicyclic) bond motifs is 1. The first-order valence-electron chi connectivity index (χ1n) is 5.87. The van der Waals surface area contributed by atoms with E-state index in [1.807, 2.05) is 12.1 Å². The Hall–Kier alpha value is -2.14. The van der Waals surface area contributed by atoms with Crippen molar-refractivity contribution < 1.29 is 9.18 Å². The van der Waals surface area contributed by atoms with Crippen molar-refractivity contribution in [3.63, 3.8) is 0 Å². The summed E-state index contributed by atoms with van der Waals surface area (Å²) in [5.41, 5.74) is 1.40. The maximum absolute atomic E-state index is 13.9. The highest BCUT2D eigenvalue weighted by atomic mass is 79.9. The average Bonchev–Trinajstić information content (AvgIpc) is 2.49. The van der Waals surface area contributed by atoms with Crippen molar-refractivity contribution in [2.24, 2.45) is 0 Å². The van der Waals surface area contributed by atoms with Crippen LogP contribution in [0.1, 0.15) is 16.1 Å². The maximum atomic E-state index is 13.9. The van der Waals surface area contributed by atoms with Crippen molar-refractivity contribution in [3.8, 4) is 0 Å². The molecule has 0 bridgehead atoms. The summed E-state index contributed by atoms with van der Waals surface area (Å²) in [7, 11) is 0. The Labute approximate surface area is 122 Å². The second-order valence-corrected chi connectivity index (χ2v) is 5.03. The van der Waals surface area contributed by atoms with E-state index < -0.39 is 11.6 Å². The number of carbonyl (C=O) groups is 1. The Morgan fingerprint density at radius 1 is 1.05 bits per heavy atom. The molecule has 3 aromatic rings. The fourth-order valence-corrected chi connectivity index (χ4v) is 2.25. The SMILES string of the molecule is O=C(c1cnc2ccccc2n1)c1cccc(Br)c1F. The van der Waals surface area contributed by atoms with E-state index >= 15 is 0 Å². The van der Waals surface area contributed by atoms with E-state index in [1.54, 1.807) is 18.2 Å². The molecule has 0 saturated carbocycles. The van der Waals surface area contributed by atoms with Crippen LogP contribution in [0.3, 0.4) is 0 Å². The van der Waals surface area contributed by atoms with Crippen molar-refractivity contribution in [3.05, 3.63) is 70.2 Å². The van der Waals surface area contributed by atoms with Gasteiger partial charge in [0.1, 0.15) is 11.5 Å². The molecule has 2 aromatic carbocycles. The van der Waals surface area contributed by atoms with Gasteiger partial charge in [-0.1, -0.05) is 18.2 Å². The van der Waals surface area contributed by atoms with Crippen molar-refractivity contribution in [1.82, 2.24) is 9.97 Å². The number of halogens is 2. The summed E-state index contributed by atoms with van der Waals surface area (Å²) < 4.78 is 14.2. The molecule has 0 fully saturated rings. The summed E-state index contributed by atoms with van der Waals surface area (Å²) >= 11 is 3.06. The number of hydrogen-bond donors (Lipinski definition) is 0. The number of carbonyl (C=O) groups excluding carboxylic acids is 1. The Balaban J connectivity index is 2.10. The largest absolute Gasteiger partial charge is 0.287 e. The number of aromatic nitrogens is 2. The number of ketones is 1. The van der Waals surface area contributed by atoms with Crippen molar-refractivity contribution >= 4 is 32.7 Å². The molecule has 0 atom stereocenters. The minimum Gasteiger partial charge on any atom is -0.287 e. The lowest BCUT2D eigenvalue weighted by Crippen LogP contribution is -2.07. The molecule has 0 aliphatic heterocycles. The molecule has 0 radical (unpaired) electrons. The fraction of sp³-hybridized carbons (Fsp3) is 0. The van der Waals surface area contributed by atoms with Crippen LogP contribution in [0.2, 0.25) is 0 Å². The van der Waals surface area contributed by atoms with Crippen molar-refractivity contribution in [2.45, 2.75) is 0 Å². The van der Waals surface area contributed by atoms with Crippen LogP contribution >= 0.6 is 15.9 Å². The molecule has 0 spiro atoms. The Morgan fingerprint density at radius 2 is 1.80 bits per heavy atom.